The lowest BCUT2D eigenvalue weighted by atomic mass is 9.96. The Morgan fingerprint density at radius 2 is 2.08 bits per heavy atom. The van der Waals surface area contributed by atoms with E-state index in [0.29, 0.717) is 19.8 Å². The van der Waals surface area contributed by atoms with Gasteiger partial charge >= 0.3 is 0 Å². The molecule has 1 amide bonds. The zero-order valence-corrected chi connectivity index (χ0v) is 15.4. The van der Waals surface area contributed by atoms with Crippen LogP contribution in [0.25, 0.3) is 5.69 Å². The summed E-state index contributed by atoms with van der Waals surface area (Å²) >= 11 is 0. The second-order valence-electron chi connectivity index (χ2n) is 7.09. The third-order valence-electron chi connectivity index (χ3n) is 5.34. The van der Waals surface area contributed by atoms with Crippen molar-refractivity contribution in [1.82, 2.24) is 14.5 Å². The van der Waals surface area contributed by atoms with Gasteiger partial charge < -0.3 is 18.9 Å². The van der Waals surface area contributed by atoms with E-state index in [0.717, 1.165) is 42.0 Å². The van der Waals surface area contributed by atoms with Gasteiger partial charge in [0, 0.05) is 36.6 Å². The first-order valence-electron chi connectivity index (χ1n) is 9.27. The number of aryl methyl sites for hydroxylation is 1. The number of nitrogens with zero attached hydrogens (tertiary/aromatic N) is 3. The molecule has 1 atom stereocenters. The van der Waals surface area contributed by atoms with Gasteiger partial charge in [-0.1, -0.05) is 0 Å². The van der Waals surface area contributed by atoms with E-state index in [9.17, 15) is 4.79 Å². The summed E-state index contributed by atoms with van der Waals surface area (Å²) in [5.41, 5.74) is 3.73. The van der Waals surface area contributed by atoms with Crippen molar-refractivity contribution in [2.45, 2.75) is 33.0 Å². The van der Waals surface area contributed by atoms with Gasteiger partial charge in [-0.05, 0) is 44.9 Å². The molecule has 2 aromatic heterocycles. The van der Waals surface area contributed by atoms with Gasteiger partial charge in [0.1, 0.15) is 0 Å². The molecule has 0 bridgehead atoms. The summed E-state index contributed by atoms with van der Waals surface area (Å²) in [6, 6.07) is 5.90. The highest BCUT2D eigenvalue weighted by Crippen LogP contribution is 2.27. The molecule has 0 saturated carbocycles. The lowest BCUT2D eigenvalue weighted by Crippen LogP contribution is -2.44. The van der Waals surface area contributed by atoms with E-state index in [-0.39, 0.29) is 18.1 Å². The predicted molar refractivity (Wildman–Crippen MR) is 97.4 cm³/mol. The number of piperidine rings is 1. The maximum absolute atomic E-state index is 13.2. The number of hydrogen-bond acceptors (Lipinski definition) is 4. The average Bonchev–Trinajstić information content (AvgIpc) is 3.30. The fourth-order valence-electron chi connectivity index (χ4n) is 4.10. The fraction of sp³-hybridized carbons (Fsp3) is 0.500. The number of ether oxygens (including phenoxy) is 2. The Hall–Kier alpha value is -2.18. The number of carbonyl (C=O) groups is 1. The summed E-state index contributed by atoms with van der Waals surface area (Å²) in [4.78, 5) is 19.3. The summed E-state index contributed by atoms with van der Waals surface area (Å²) in [5, 5.41) is 0. The third-order valence-corrected chi connectivity index (χ3v) is 5.34. The number of carbonyl (C=O) groups excluding carboxylic acids is 1. The molecule has 6 heteroatoms. The lowest BCUT2D eigenvalue weighted by molar-refractivity contribution is -0.0969. The van der Waals surface area contributed by atoms with Gasteiger partial charge in [0.05, 0.1) is 30.7 Å². The van der Waals surface area contributed by atoms with Gasteiger partial charge in [-0.25, -0.2) is 0 Å². The molecule has 2 saturated heterocycles. The summed E-state index contributed by atoms with van der Waals surface area (Å²) in [5.74, 6) is 0.355. The van der Waals surface area contributed by atoms with Crippen LogP contribution in [0.5, 0.6) is 0 Å². The topological polar surface area (TPSA) is 56.6 Å². The highest BCUT2D eigenvalue weighted by molar-refractivity contribution is 5.96. The van der Waals surface area contributed by atoms with E-state index >= 15 is 0 Å². The summed E-state index contributed by atoms with van der Waals surface area (Å²) in [6.45, 7) is 6.81. The largest absolute Gasteiger partial charge is 0.350 e. The molecule has 138 valence electrons. The van der Waals surface area contributed by atoms with E-state index < -0.39 is 0 Å². The first-order valence-corrected chi connectivity index (χ1v) is 9.27. The zero-order chi connectivity index (χ0) is 18.1. The quantitative estimate of drug-likeness (QED) is 0.849. The molecule has 4 rings (SSSR count). The maximum Gasteiger partial charge on any atom is 0.255 e. The molecule has 4 heterocycles. The van der Waals surface area contributed by atoms with Crippen LogP contribution in [0.15, 0.2) is 30.6 Å². The number of amides is 1. The van der Waals surface area contributed by atoms with Gasteiger partial charge in [0.25, 0.3) is 5.91 Å². The monoisotopic (exact) mass is 355 g/mol. The van der Waals surface area contributed by atoms with Gasteiger partial charge in [-0.3, -0.25) is 9.78 Å². The van der Waals surface area contributed by atoms with Crippen LogP contribution in [0.1, 0.15) is 34.6 Å². The first kappa shape index (κ1) is 17.2. The molecule has 2 aliphatic heterocycles. The molecular formula is C20H25N3O3. The van der Waals surface area contributed by atoms with E-state index in [1.54, 1.807) is 6.20 Å². The normalized spacial score (nSPS) is 21.3. The number of likely N-dealkylation sites (tertiary alicyclic amines) is 1. The molecule has 0 spiro atoms. The maximum atomic E-state index is 13.2. The zero-order valence-electron chi connectivity index (χ0n) is 15.4. The molecule has 26 heavy (non-hydrogen) atoms. The highest BCUT2D eigenvalue weighted by Gasteiger charge is 2.33. The Kier molecular flexibility index (Phi) is 4.78. The summed E-state index contributed by atoms with van der Waals surface area (Å²) in [6.07, 6.45) is 5.45. The van der Waals surface area contributed by atoms with Crippen LogP contribution in [-0.4, -0.2) is 53.0 Å². The summed E-state index contributed by atoms with van der Waals surface area (Å²) < 4.78 is 13.4. The van der Waals surface area contributed by atoms with E-state index in [1.165, 1.54) is 0 Å². The van der Waals surface area contributed by atoms with Crippen molar-refractivity contribution in [2.24, 2.45) is 5.92 Å². The molecule has 2 aliphatic rings. The van der Waals surface area contributed by atoms with Crippen molar-refractivity contribution in [3.05, 3.63) is 47.5 Å². The van der Waals surface area contributed by atoms with Gasteiger partial charge in [-0.15, -0.1) is 0 Å². The number of aromatic nitrogens is 2. The minimum absolute atomic E-state index is 0.0935. The molecule has 0 N–H and O–H groups in total. The average molecular weight is 355 g/mol. The summed E-state index contributed by atoms with van der Waals surface area (Å²) in [7, 11) is 0. The molecule has 0 radical (unpaired) electrons. The Morgan fingerprint density at radius 3 is 2.81 bits per heavy atom. The van der Waals surface area contributed by atoms with Crippen molar-refractivity contribution in [3.8, 4) is 5.69 Å². The SMILES string of the molecule is Cc1cc(C(=O)N2CCCC(C3OCCO3)C2)c(C)n1-c1cccnc1. The van der Waals surface area contributed by atoms with Crippen LogP contribution in [0.3, 0.4) is 0 Å². The van der Waals surface area contributed by atoms with E-state index in [4.69, 9.17) is 9.47 Å². The Bertz CT molecular complexity index is 781. The molecule has 2 aromatic rings. The molecular weight excluding hydrogens is 330 g/mol. The van der Waals surface area contributed by atoms with Gasteiger partial charge in [0.15, 0.2) is 6.29 Å². The molecule has 1 unspecified atom stereocenters. The van der Waals surface area contributed by atoms with Crippen molar-refractivity contribution in [3.63, 3.8) is 0 Å². The smallest absolute Gasteiger partial charge is 0.255 e. The minimum atomic E-state index is -0.159. The number of pyridine rings is 1. The van der Waals surface area contributed by atoms with Gasteiger partial charge in [0.2, 0.25) is 0 Å². The Morgan fingerprint density at radius 1 is 1.27 bits per heavy atom. The van der Waals surface area contributed by atoms with E-state index in [1.807, 2.05) is 43.1 Å². The molecule has 2 fully saturated rings. The third kappa shape index (κ3) is 3.15. The van der Waals surface area contributed by atoms with Gasteiger partial charge in [-0.2, -0.15) is 0 Å². The van der Waals surface area contributed by atoms with Crippen LogP contribution in [0, 0.1) is 19.8 Å². The standard InChI is InChI=1S/C20H25N3O3/c1-14-11-18(15(2)23(14)17-6-3-7-21-12-17)19(24)22-8-4-5-16(13-22)20-25-9-10-26-20/h3,6-7,11-12,16,20H,4-5,8-10,13H2,1-2H3. The number of hydrogen-bond donors (Lipinski definition) is 0. The molecule has 6 nitrogen and oxygen atoms in total. The van der Waals surface area contributed by atoms with Crippen molar-refractivity contribution < 1.29 is 14.3 Å². The van der Waals surface area contributed by atoms with Crippen LogP contribution < -0.4 is 0 Å². The lowest BCUT2D eigenvalue weighted by Gasteiger charge is -2.34. The predicted octanol–water partition coefficient (Wildman–Crippen LogP) is 2.71. The molecule has 0 aromatic carbocycles. The second-order valence-corrected chi connectivity index (χ2v) is 7.09. The van der Waals surface area contributed by atoms with Crippen molar-refractivity contribution >= 4 is 5.91 Å². The fourth-order valence-corrected chi connectivity index (χ4v) is 4.10. The second kappa shape index (κ2) is 7.21. The van der Waals surface area contributed by atoms with Crippen LogP contribution in [0.2, 0.25) is 0 Å². The first-order chi connectivity index (χ1) is 12.6. The van der Waals surface area contributed by atoms with Crippen LogP contribution >= 0.6 is 0 Å². The highest BCUT2D eigenvalue weighted by atomic mass is 16.7. The van der Waals surface area contributed by atoms with Crippen LogP contribution in [0.4, 0.5) is 0 Å². The Balaban J connectivity index is 1.56. The van der Waals surface area contributed by atoms with E-state index in [2.05, 4.69) is 9.55 Å². The molecule has 0 aliphatic carbocycles. The van der Waals surface area contributed by atoms with Crippen molar-refractivity contribution in [2.75, 3.05) is 26.3 Å². The minimum Gasteiger partial charge on any atom is -0.350 e. The Labute approximate surface area is 153 Å². The van der Waals surface area contributed by atoms with Crippen LogP contribution in [-0.2, 0) is 9.47 Å². The number of rotatable bonds is 3. The van der Waals surface area contributed by atoms with Crippen molar-refractivity contribution in [1.29, 1.82) is 0 Å².